The fraction of sp³-hybridized carbons (Fsp3) is 0.136. The molecule has 25 heavy (non-hydrogen) atoms. The van der Waals surface area contributed by atoms with Gasteiger partial charge in [0.2, 0.25) is 0 Å². The van der Waals surface area contributed by atoms with Crippen LogP contribution in [0.2, 0.25) is 0 Å². The number of ketones is 1. The van der Waals surface area contributed by atoms with Gasteiger partial charge in [-0.1, -0.05) is 59.8 Å². The predicted octanol–water partition coefficient (Wildman–Crippen LogP) is 5.67. The zero-order valence-corrected chi connectivity index (χ0v) is 15.1. The second kappa shape index (κ2) is 6.08. The van der Waals surface area contributed by atoms with Gasteiger partial charge in [-0.2, -0.15) is 0 Å². The van der Waals surface area contributed by atoms with Gasteiger partial charge in [-0.3, -0.25) is 4.79 Å². The molecular weight excluding hydrogens is 326 g/mol. The molecule has 0 radical (unpaired) electrons. The largest absolute Gasteiger partial charge is 0.369 e. The summed E-state index contributed by atoms with van der Waals surface area (Å²) in [5.41, 5.74) is 3.21. The zero-order chi connectivity index (χ0) is 17.4. The van der Waals surface area contributed by atoms with Crippen molar-refractivity contribution in [2.45, 2.75) is 29.2 Å². The molecule has 1 aliphatic rings. The van der Waals surface area contributed by atoms with Crippen molar-refractivity contribution in [1.29, 1.82) is 0 Å². The Balaban J connectivity index is 1.65. The molecule has 4 rings (SSSR count). The highest BCUT2D eigenvalue weighted by atomic mass is 32.2. The molecule has 1 N–H and O–H groups in total. The van der Waals surface area contributed by atoms with E-state index in [1.54, 1.807) is 11.8 Å². The van der Waals surface area contributed by atoms with Gasteiger partial charge in [-0.25, -0.2) is 0 Å². The standard InChI is InChI=1S/C22H19NOS/c1-15-8-10-17(11-9-15)25-18-12-13-20-19(14-18)21(24)22(2,23-20)16-6-4-3-5-7-16/h3-14,23H,1-2H3. The van der Waals surface area contributed by atoms with Crippen molar-refractivity contribution >= 4 is 23.2 Å². The number of carbonyl (C=O) groups is 1. The van der Waals surface area contributed by atoms with Crippen molar-refractivity contribution in [1.82, 2.24) is 0 Å². The smallest absolute Gasteiger partial charge is 0.194 e. The highest BCUT2D eigenvalue weighted by Gasteiger charge is 2.42. The van der Waals surface area contributed by atoms with Crippen LogP contribution in [0.4, 0.5) is 5.69 Å². The third-order valence-electron chi connectivity index (χ3n) is 4.68. The van der Waals surface area contributed by atoms with E-state index in [9.17, 15) is 4.79 Å². The van der Waals surface area contributed by atoms with Gasteiger partial charge in [0.25, 0.3) is 0 Å². The van der Waals surface area contributed by atoms with Crippen LogP contribution in [0.5, 0.6) is 0 Å². The van der Waals surface area contributed by atoms with E-state index in [2.05, 4.69) is 42.6 Å². The lowest BCUT2D eigenvalue weighted by molar-refractivity contribution is 0.0928. The van der Waals surface area contributed by atoms with Crippen LogP contribution in [0.3, 0.4) is 0 Å². The zero-order valence-electron chi connectivity index (χ0n) is 14.2. The van der Waals surface area contributed by atoms with Crippen LogP contribution in [-0.2, 0) is 5.54 Å². The van der Waals surface area contributed by atoms with Crippen molar-refractivity contribution in [3.05, 3.63) is 89.5 Å². The summed E-state index contributed by atoms with van der Waals surface area (Å²) in [6.45, 7) is 4.04. The summed E-state index contributed by atoms with van der Waals surface area (Å²) in [7, 11) is 0. The van der Waals surface area contributed by atoms with Gasteiger partial charge in [-0.15, -0.1) is 0 Å². The maximum Gasteiger partial charge on any atom is 0.194 e. The number of hydrogen-bond donors (Lipinski definition) is 1. The topological polar surface area (TPSA) is 29.1 Å². The lowest BCUT2D eigenvalue weighted by atomic mass is 9.88. The Morgan fingerprint density at radius 2 is 1.56 bits per heavy atom. The van der Waals surface area contributed by atoms with Gasteiger partial charge in [0.15, 0.2) is 5.78 Å². The van der Waals surface area contributed by atoms with Crippen molar-refractivity contribution in [2.75, 3.05) is 5.32 Å². The Morgan fingerprint density at radius 1 is 0.880 bits per heavy atom. The fourth-order valence-electron chi connectivity index (χ4n) is 3.20. The first-order chi connectivity index (χ1) is 12.1. The van der Waals surface area contributed by atoms with E-state index in [1.165, 1.54) is 10.5 Å². The van der Waals surface area contributed by atoms with Crippen LogP contribution in [0.25, 0.3) is 0 Å². The number of fused-ring (bicyclic) bond motifs is 1. The molecule has 0 fully saturated rings. The van der Waals surface area contributed by atoms with Gasteiger partial charge in [0.05, 0.1) is 0 Å². The summed E-state index contributed by atoms with van der Waals surface area (Å²) >= 11 is 1.68. The number of benzene rings is 3. The van der Waals surface area contributed by atoms with Crippen LogP contribution in [0.1, 0.15) is 28.4 Å². The molecule has 3 aromatic carbocycles. The number of carbonyl (C=O) groups excluding carboxylic acids is 1. The van der Waals surface area contributed by atoms with Crippen LogP contribution in [-0.4, -0.2) is 5.78 Å². The molecule has 2 nitrogen and oxygen atoms in total. The first-order valence-corrected chi connectivity index (χ1v) is 9.15. The molecule has 3 heteroatoms. The van der Waals surface area contributed by atoms with E-state index in [4.69, 9.17) is 0 Å². The molecule has 1 atom stereocenters. The van der Waals surface area contributed by atoms with Gasteiger partial charge in [0, 0.05) is 21.0 Å². The SMILES string of the molecule is Cc1ccc(Sc2ccc3c(c2)C(=O)C(C)(c2ccccc2)N3)cc1. The minimum Gasteiger partial charge on any atom is -0.369 e. The normalized spacial score (nSPS) is 18.7. The van der Waals surface area contributed by atoms with Crippen molar-refractivity contribution in [3.8, 4) is 0 Å². The van der Waals surface area contributed by atoms with Crippen LogP contribution in [0, 0.1) is 6.92 Å². The van der Waals surface area contributed by atoms with E-state index < -0.39 is 5.54 Å². The van der Waals surface area contributed by atoms with Crippen molar-refractivity contribution in [3.63, 3.8) is 0 Å². The minimum absolute atomic E-state index is 0.125. The van der Waals surface area contributed by atoms with E-state index >= 15 is 0 Å². The van der Waals surface area contributed by atoms with Crippen LogP contribution >= 0.6 is 11.8 Å². The molecule has 0 spiro atoms. The van der Waals surface area contributed by atoms with Crippen LogP contribution < -0.4 is 5.32 Å². The molecule has 124 valence electrons. The second-order valence-electron chi connectivity index (χ2n) is 6.57. The first kappa shape index (κ1) is 16.0. The summed E-state index contributed by atoms with van der Waals surface area (Å²) in [6, 6.07) is 24.4. The highest BCUT2D eigenvalue weighted by molar-refractivity contribution is 7.99. The van der Waals surface area contributed by atoms with E-state index in [-0.39, 0.29) is 5.78 Å². The Hall–Kier alpha value is -2.52. The maximum absolute atomic E-state index is 13.1. The quantitative estimate of drug-likeness (QED) is 0.663. The summed E-state index contributed by atoms with van der Waals surface area (Å²) in [5, 5.41) is 3.42. The Morgan fingerprint density at radius 3 is 2.28 bits per heavy atom. The van der Waals surface area contributed by atoms with E-state index in [0.29, 0.717) is 0 Å². The third kappa shape index (κ3) is 2.85. The molecule has 1 aliphatic heterocycles. The number of rotatable bonds is 3. The molecule has 0 bridgehead atoms. The third-order valence-corrected chi connectivity index (χ3v) is 5.68. The molecule has 3 aromatic rings. The van der Waals surface area contributed by atoms with Gasteiger partial charge in [-0.05, 0) is 49.7 Å². The number of anilines is 1. The fourth-order valence-corrected chi connectivity index (χ4v) is 4.05. The van der Waals surface area contributed by atoms with Gasteiger partial charge >= 0.3 is 0 Å². The van der Waals surface area contributed by atoms with Crippen molar-refractivity contribution < 1.29 is 4.79 Å². The van der Waals surface area contributed by atoms with Gasteiger partial charge in [0.1, 0.15) is 5.54 Å². The highest BCUT2D eigenvalue weighted by Crippen LogP contribution is 2.41. The Bertz CT molecular complexity index is 934. The summed E-state index contributed by atoms with van der Waals surface area (Å²) in [4.78, 5) is 15.4. The summed E-state index contributed by atoms with van der Waals surface area (Å²) in [5.74, 6) is 0.125. The number of hydrogen-bond acceptors (Lipinski definition) is 3. The lowest BCUT2D eigenvalue weighted by Crippen LogP contribution is -2.34. The van der Waals surface area contributed by atoms with E-state index in [1.807, 2.05) is 49.4 Å². The molecule has 0 aromatic heterocycles. The Kier molecular flexibility index (Phi) is 3.89. The molecule has 0 amide bonds. The molecule has 0 aliphatic carbocycles. The predicted molar refractivity (Wildman–Crippen MR) is 103 cm³/mol. The molecule has 1 unspecified atom stereocenters. The number of Topliss-reactive ketones (excluding diaryl/α,β-unsaturated/α-hetero) is 1. The Labute approximate surface area is 152 Å². The average Bonchev–Trinajstić information content (AvgIpc) is 2.90. The maximum atomic E-state index is 13.1. The van der Waals surface area contributed by atoms with E-state index in [0.717, 1.165) is 21.7 Å². The monoisotopic (exact) mass is 345 g/mol. The minimum atomic E-state index is -0.698. The van der Waals surface area contributed by atoms with Crippen molar-refractivity contribution in [2.24, 2.45) is 0 Å². The first-order valence-electron chi connectivity index (χ1n) is 8.33. The number of aryl methyl sites for hydroxylation is 1. The molecular formula is C22H19NOS. The number of nitrogens with one attached hydrogen (secondary N) is 1. The molecule has 0 saturated heterocycles. The lowest BCUT2D eigenvalue weighted by Gasteiger charge is -2.23. The van der Waals surface area contributed by atoms with Crippen LogP contribution in [0.15, 0.2) is 82.6 Å². The molecule has 1 heterocycles. The van der Waals surface area contributed by atoms with Gasteiger partial charge < -0.3 is 5.32 Å². The average molecular weight is 345 g/mol. The molecule has 0 saturated carbocycles. The second-order valence-corrected chi connectivity index (χ2v) is 7.71. The summed E-state index contributed by atoms with van der Waals surface area (Å²) in [6.07, 6.45) is 0. The summed E-state index contributed by atoms with van der Waals surface area (Å²) < 4.78 is 0.